The Morgan fingerprint density at radius 3 is 3.00 bits per heavy atom. The minimum atomic E-state index is -0.280. The summed E-state index contributed by atoms with van der Waals surface area (Å²) in [7, 11) is 0. The van der Waals surface area contributed by atoms with Crippen LogP contribution in [0.3, 0.4) is 0 Å². The quantitative estimate of drug-likeness (QED) is 0.831. The molecule has 0 aromatic heterocycles. The van der Waals surface area contributed by atoms with Crippen LogP contribution in [-0.2, 0) is 9.53 Å². The molecule has 4 nitrogen and oxygen atoms in total. The second kappa shape index (κ2) is 5.87. The van der Waals surface area contributed by atoms with Gasteiger partial charge in [0, 0.05) is 24.5 Å². The minimum Gasteiger partial charge on any atom is -0.399 e. The number of rotatable bonds is 4. The van der Waals surface area contributed by atoms with E-state index in [1.165, 1.54) is 0 Å². The van der Waals surface area contributed by atoms with Gasteiger partial charge in [0.2, 0.25) is 0 Å². The van der Waals surface area contributed by atoms with Gasteiger partial charge in [-0.1, -0.05) is 13.0 Å². The third-order valence-electron chi connectivity index (χ3n) is 3.10. The predicted octanol–water partition coefficient (Wildman–Crippen LogP) is 2.19. The van der Waals surface area contributed by atoms with Crippen molar-refractivity contribution < 1.29 is 9.53 Å². The third-order valence-corrected chi connectivity index (χ3v) is 3.10. The van der Waals surface area contributed by atoms with Crippen molar-refractivity contribution in [3.05, 3.63) is 24.3 Å². The number of nitrogens with zero attached hydrogens (tertiary/aromatic N) is 1. The molecule has 1 aromatic rings. The van der Waals surface area contributed by atoms with Gasteiger partial charge in [0.25, 0.3) is 5.91 Å². The molecule has 1 aliphatic rings. The van der Waals surface area contributed by atoms with Gasteiger partial charge in [-0.15, -0.1) is 0 Å². The summed E-state index contributed by atoms with van der Waals surface area (Å²) in [5, 5.41) is 0. The van der Waals surface area contributed by atoms with Crippen molar-refractivity contribution >= 4 is 17.3 Å². The monoisotopic (exact) mass is 248 g/mol. The van der Waals surface area contributed by atoms with Crippen LogP contribution in [-0.4, -0.2) is 25.2 Å². The first-order chi connectivity index (χ1) is 8.72. The maximum Gasteiger partial charge on any atom is 0.256 e. The highest BCUT2D eigenvalue weighted by Crippen LogP contribution is 2.22. The van der Waals surface area contributed by atoms with E-state index in [0.29, 0.717) is 18.8 Å². The van der Waals surface area contributed by atoms with E-state index < -0.39 is 0 Å². The summed E-state index contributed by atoms with van der Waals surface area (Å²) in [5.41, 5.74) is 7.31. The largest absolute Gasteiger partial charge is 0.399 e. The molecular formula is C14H20N2O2. The Morgan fingerprint density at radius 1 is 1.56 bits per heavy atom. The number of nitrogen functional groups attached to an aromatic ring is 1. The summed E-state index contributed by atoms with van der Waals surface area (Å²) in [5.74, 6) is 0.0555. The Labute approximate surface area is 108 Å². The van der Waals surface area contributed by atoms with Crippen LogP contribution >= 0.6 is 0 Å². The highest BCUT2D eigenvalue weighted by molar-refractivity contribution is 5.97. The number of hydrogen-bond donors (Lipinski definition) is 1. The molecule has 0 bridgehead atoms. The highest BCUT2D eigenvalue weighted by Gasteiger charge is 2.28. The Kier molecular flexibility index (Phi) is 4.20. The van der Waals surface area contributed by atoms with E-state index in [-0.39, 0.29) is 12.0 Å². The van der Waals surface area contributed by atoms with Crippen LogP contribution in [0.5, 0.6) is 0 Å². The van der Waals surface area contributed by atoms with E-state index in [4.69, 9.17) is 10.5 Å². The standard InChI is InChI=1S/C14H20N2O2/c1-2-8-16(12-6-3-5-11(15)10-12)14(17)13-7-4-9-18-13/h3,5-6,10,13H,2,4,7-9,15H2,1H3. The van der Waals surface area contributed by atoms with Crippen molar-refractivity contribution in [1.82, 2.24) is 0 Å². The van der Waals surface area contributed by atoms with Crippen LogP contribution in [0.15, 0.2) is 24.3 Å². The number of carbonyl (C=O) groups is 1. The maximum absolute atomic E-state index is 12.4. The molecule has 1 saturated heterocycles. The molecule has 2 rings (SSSR count). The Morgan fingerprint density at radius 2 is 2.39 bits per heavy atom. The van der Waals surface area contributed by atoms with E-state index in [9.17, 15) is 4.79 Å². The predicted molar refractivity (Wildman–Crippen MR) is 72.5 cm³/mol. The summed E-state index contributed by atoms with van der Waals surface area (Å²) in [4.78, 5) is 14.2. The molecule has 18 heavy (non-hydrogen) atoms. The fourth-order valence-electron chi connectivity index (χ4n) is 2.23. The van der Waals surface area contributed by atoms with Crippen molar-refractivity contribution in [3.8, 4) is 0 Å². The number of benzene rings is 1. The molecule has 1 aromatic carbocycles. The number of nitrogens with two attached hydrogens (primary N) is 1. The third kappa shape index (κ3) is 2.82. The Hall–Kier alpha value is -1.55. The van der Waals surface area contributed by atoms with Crippen molar-refractivity contribution in [3.63, 3.8) is 0 Å². The molecule has 0 radical (unpaired) electrons. The number of ether oxygens (including phenoxy) is 1. The summed E-state index contributed by atoms with van der Waals surface area (Å²) in [6.07, 6.45) is 2.42. The number of amides is 1. The van der Waals surface area contributed by atoms with Crippen LogP contribution < -0.4 is 10.6 Å². The Balaban J connectivity index is 2.19. The van der Waals surface area contributed by atoms with Gasteiger partial charge in [-0.25, -0.2) is 0 Å². The molecule has 1 heterocycles. The van der Waals surface area contributed by atoms with E-state index in [0.717, 1.165) is 24.9 Å². The lowest BCUT2D eigenvalue weighted by Gasteiger charge is -2.25. The van der Waals surface area contributed by atoms with Gasteiger partial charge in [-0.3, -0.25) is 4.79 Å². The normalized spacial score (nSPS) is 18.8. The highest BCUT2D eigenvalue weighted by atomic mass is 16.5. The summed E-state index contributed by atoms with van der Waals surface area (Å²) in [6, 6.07) is 7.45. The van der Waals surface area contributed by atoms with Gasteiger partial charge in [-0.05, 0) is 37.5 Å². The summed E-state index contributed by atoms with van der Waals surface area (Å²) >= 11 is 0. The Bertz CT molecular complexity index is 414. The zero-order chi connectivity index (χ0) is 13.0. The van der Waals surface area contributed by atoms with Gasteiger partial charge in [0.1, 0.15) is 6.10 Å². The molecule has 4 heteroatoms. The molecule has 1 aliphatic heterocycles. The smallest absolute Gasteiger partial charge is 0.256 e. The van der Waals surface area contributed by atoms with Gasteiger partial charge >= 0.3 is 0 Å². The minimum absolute atomic E-state index is 0.0555. The van der Waals surface area contributed by atoms with Gasteiger partial charge in [0.05, 0.1) is 0 Å². The molecule has 1 unspecified atom stereocenters. The molecule has 0 aliphatic carbocycles. The van der Waals surface area contributed by atoms with Gasteiger partial charge in [-0.2, -0.15) is 0 Å². The van der Waals surface area contributed by atoms with Gasteiger partial charge < -0.3 is 15.4 Å². The molecule has 0 saturated carbocycles. The van der Waals surface area contributed by atoms with Gasteiger partial charge in [0.15, 0.2) is 0 Å². The maximum atomic E-state index is 12.4. The summed E-state index contributed by atoms with van der Waals surface area (Å²) < 4.78 is 5.47. The van der Waals surface area contributed by atoms with E-state index in [1.807, 2.05) is 24.3 Å². The average molecular weight is 248 g/mol. The number of carbonyl (C=O) groups excluding carboxylic acids is 1. The van der Waals surface area contributed by atoms with Crippen LogP contribution in [0.1, 0.15) is 26.2 Å². The lowest BCUT2D eigenvalue weighted by molar-refractivity contribution is -0.127. The summed E-state index contributed by atoms with van der Waals surface area (Å²) in [6.45, 7) is 3.44. The molecule has 2 N–H and O–H groups in total. The fourth-order valence-corrected chi connectivity index (χ4v) is 2.23. The fraction of sp³-hybridized carbons (Fsp3) is 0.500. The van der Waals surface area contributed by atoms with E-state index in [2.05, 4.69) is 6.92 Å². The van der Waals surface area contributed by atoms with Crippen molar-refractivity contribution in [1.29, 1.82) is 0 Å². The zero-order valence-electron chi connectivity index (χ0n) is 10.8. The van der Waals surface area contributed by atoms with Crippen molar-refractivity contribution in [2.24, 2.45) is 0 Å². The second-order valence-corrected chi connectivity index (χ2v) is 4.59. The SMILES string of the molecule is CCCN(C(=O)C1CCCO1)c1cccc(N)c1. The number of anilines is 2. The first-order valence-electron chi connectivity index (χ1n) is 6.51. The molecule has 1 amide bonds. The van der Waals surface area contributed by atoms with Crippen LogP contribution in [0.4, 0.5) is 11.4 Å². The molecule has 1 atom stereocenters. The first kappa shape index (κ1) is 12.9. The van der Waals surface area contributed by atoms with Crippen LogP contribution in [0.25, 0.3) is 0 Å². The molecule has 0 spiro atoms. The van der Waals surface area contributed by atoms with E-state index >= 15 is 0 Å². The number of hydrogen-bond acceptors (Lipinski definition) is 3. The lowest BCUT2D eigenvalue weighted by Crippen LogP contribution is -2.39. The molecule has 98 valence electrons. The zero-order valence-corrected chi connectivity index (χ0v) is 10.8. The van der Waals surface area contributed by atoms with Crippen molar-refractivity contribution in [2.45, 2.75) is 32.3 Å². The second-order valence-electron chi connectivity index (χ2n) is 4.59. The molecule has 1 fully saturated rings. The van der Waals surface area contributed by atoms with Crippen molar-refractivity contribution in [2.75, 3.05) is 23.8 Å². The van der Waals surface area contributed by atoms with Crippen LogP contribution in [0, 0.1) is 0 Å². The van der Waals surface area contributed by atoms with Crippen LogP contribution in [0.2, 0.25) is 0 Å². The first-order valence-corrected chi connectivity index (χ1v) is 6.51. The molecular weight excluding hydrogens is 228 g/mol. The average Bonchev–Trinajstić information content (AvgIpc) is 2.89. The topological polar surface area (TPSA) is 55.6 Å². The lowest BCUT2D eigenvalue weighted by atomic mass is 10.2. The van der Waals surface area contributed by atoms with E-state index in [1.54, 1.807) is 4.90 Å².